The Balaban J connectivity index is 0.737. The number of carboxylic acids is 2. The lowest BCUT2D eigenvalue weighted by Crippen LogP contribution is -2.64. The molecule has 12 rings (SSSR count). The van der Waals surface area contributed by atoms with Gasteiger partial charge in [-0.1, -0.05) is 69.4 Å². The van der Waals surface area contributed by atoms with E-state index in [-0.39, 0.29) is 54.0 Å². The summed E-state index contributed by atoms with van der Waals surface area (Å²) in [5.74, 6) is -6.70. The van der Waals surface area contributed by atoms with E-state index < -0.39 is 100 Å². The highest BCUT2D eigenvalue weighted by Crippen LogP contribution is 2.72. The van der Waals surface area contributed by atoms with Crippen molar-refractivity contribution >= 4 is 102 Å². The SMILES string of the molecule is Cc1c(-c2ccc(N3CCc4cccc(C(=O)Nc5nc6ccccc6s5)c4C3)nc2C(=O)O)cnn1CC12CC3(C)CC(C)(C1)CC(OCCN(CCS(=O)(=O)O)C(=O)OCc1ccc(NC(=O)[C@H](C)NC(=O)[C@@H](NC(=O)CN4C(=O)C=CC4=O)C(C)C)cc1CCCCC(=O)O)(C3)C2. The number of anilines is 3. The average Bonchev–Trinajstić information content (AvgIpc) is 0.697. The Morgan fingerprint density at radius 2 is 1.54 bits per heavy atom. The average molecular weight is 1410 g/mol. The number of hydrogen-bond acceptors (Lipinski definition) is 18. The molecule has 4 saturated carbocycles. The van der Waals surface area contributed by atoms with Crippen LogP contribution in [0.15, 0.2) is 91.1 Å². The lowest BCUT2D eigenvalue weighted by molar-refractivity contribution is -0.248. The van der Waals surface area contributed by atoms with Crippen molar-refractivity contribution in [3.63, 3.8) is 0 Å². The number of hydrogen-bond donors (Lipinski definition) is 7. The van der Waals surface area contributed by atoms with E-state index in [0.29, 0.717) is 96.2 Å². The minimum Gasteiger partial charge on any atom is -0.481 e. The number of para-hydroxylation sites is 1. The van der Waals surface area contributed by atoms with E-state index in [4.69, 9.17) is 19.6 Å². The van der Waals surface area contributed by atoms with Crippen LogP contribution in [0.4, 0.5) is 21.4 Å². The van der Waals surface area contributed by atoms with Crippen molar-refractivity contribution in [2.45, 2.75) is 150 Å². The predicted octanol–water partition coefficient (Wildman–Crippen LogP) is 8.35. The number of carboxylic acid groups (broad SMARTS) is 2. The molecule has 0 saturated heterocycles. The normalized spacial score (nSPS) is 21.2. The van der Waals surface area contributed by atoms with Crippen molar-refractivity contribution < 1.29 is 75.8 Å². The number of nitrogens with zero attached hydrogens (tertiary/aromatic N) is 7. The molecule has 27 nitrogen and oxygen atoms in total. The molecule has 100 heavy (non-hydrogen) atoms. The van der Waals surface area contributed by atoms with Gasteiger partial charge in [-0.15, -0.1) is 0 Å². The number of pyridine rings is 1. The maximum Gasteiger partial charge on any atom is 0.410 e. The number of unbranched alkanes of at least 4 members (excludes halogenated alkanes) is 1. The topological polar surface area (TPSA) is 368 Å². The summed E-state index contributed by atoms with van der Waals surface area (Å²) in [6, 6.07) is 19.4. The van der Waals surface area contributed by atoms with Crippen LogP contribution in [0.3, 0.4) is 0 Å². The van der Waals surface area contributed by atoms with Gasteiger partial charge in [0.15, 0.2) is 10.8 Å². The Morgan fingerprint density at radius 3 is 2.24 bits per heavy atom. The zero-order valence-corrected chi connectivity index (χ0v) is 58.3. The van der Waals surface area contributed by atoms with E-state index in [1.54, 1.807) is 50.4 Å². The van der Waals surface area contributed by atoms with Gasteiger partial charge >= 0.3 is 18.0 Å². The van der Waals surface area contributed by atoms with E-state index in [0.717, 1.165) is 76.2 Å². The van der Waals surface area contributed by atoms with Crippen molar-refractivity contribution in [1.29, 1.82) is 0 Å². The number of fused-ring (bicyclic) bond motifs is 2. The van der Waals surface area contributed by atoms with Crippen LogP contribution in [0.1, 0.15) is 141 Å². The second kappa shape index (κ2) is 29.0. The van der Waals surface area contributed by atoms with Crippen molar-refractivity contribution in [3.8, 4) is 11.1 Å². The highest BCUT2D eigenvalue weighted by Gasteiger charge is 2.66. The number of ether oxygens (including phenoxy) is 2. The Hall–Kier alpha value is -9.45. The van der Waals surface area contributed by atoms with Gasteiger partial charge in [-0.3, -0.25) is 53.0 Å². The number of rotatable bonds is 29. The third-order valence-electron chi connectivity index (χ3n) is 19.7. The first kappa shape index (κ1) is 71.8. The molecule has 3 aromatic heterocycles. The van der Waals surface area contributed by atoms with Crippen molar-refractivity contribution in [2.75, 3.05) is 54.1 Å². The van der Waals surface area contributed by atoms with Crippen LogP contribution in [0.25, 0.3) is 21.3 Å². The van der Waals surface area contributed by atoms with Crippen LogP contribution in [0.2, 0.25) is 0 Å². The molecule has 4 atom stereocenters. The molecule has 0 radical (unpaired) electrons. The van der Waals surface area contributed by atoms with Crippen molar-refractivity contribution in [2.24, 2.45) is 22.2 Å². The fraction of sp³-hybridized carbons (Fsp3) is 0.465. The van der Waals surface area contributed by atoms with Gasteiger partial charge in [0, 0.05) is 79.4 Å². The number of imide groups is 1. The number of carbonyl (C=O) groups excluding carboxylic acids is 7. The molecule has 7 amide bonds. The van der Waals surface area contributed by atoms with Crippen molar-refractivity contribution in [1.82, 2.24) is 40.2 Å². The van der Waals surface area contributed by atoms with Crippen LogP contribution in [-0.2, 0) is 80.9 Å². The third kappa shape index (κ3) is 16.5. The molecule has 4 bridgehead atoms. The van der Waals surface area contributed by atoms with Crippen LogP contribution >= 0.6 is 11.3 Å². The molecule has 29 heteroatoms. The summed E-state index contributed by atoms with van der Waals surface area (Å²) in [5.41, 5.74) is 4.96. The summed E-state index contributed by atoms with van der Waals surface area (Å²) in [5, 5.41) is 36.4. The zero-order valence-electron chi connectivity index (χ0n) is 56.6. The Bertz CT molecular complexity index is 4330. The minimum absolute atomic E-state index is 0.00392. The van der Waals surface area contributed by atoms with E-state index in [2.05, 4.69) is 40.1 Å². The van der Waals surface area contributed by atoms with E-state index in [1.807, 2.05) is 59.0 Å². The van der Waals surface area contributed by atoms with Crippen LogP contribution < -0.4 is 26.2 Å². The molecular formula is C71H83N11O16S2. The van der Waals surface area contributed by atoms with Gasteiger partial charge in [-0.2, -0.15) is 13.5 Å². The maximum absolute atomic E-state index is 14.1. The first-order valence-corrected chi connectivity index (χ1v) is 35.9. The Labute approximate surface area is 582 Å². The lowest BCUT2D eigenvalue weighted by atomic mass is 9.39. The monoisotopic (exact) mass is 1410 g/mol. The zero-order chi connectivity index (χ0) is 71.6. The number of aromatic carboxylic acids is 1. The number of amides is 7. The molecule has 6 aromatic rings. The van der Waals surface area contributed by atoms with Gasteiger partial charge in [0.05, 0.1) is 34.4 Å². The molecule has 2 unspecified atom stereocenters. The highest BCUT2D eigenvalue weighted by atomic mass is 32.2. The fourth-order valence-electron chi connectivity index (χ4n) is 16.3. The number of carbonyl (C=O) groups is 9. The number of thiazole rings is 1. The summed E-state index contributed by atoms with van der Waals surface area (Å²) in [6.45, 7) is 11.2. The number of aromatic nitrogens is 4. The predicted molar refractivity (Wildman–Crippen MR) is 370 cm³/mol. The Kier molecular flexibility index (Phi) is 20.8. The minimum atomic E-state index is -4.55. The Morgan fingerprint density at radius 1 is 0.800 bits per heavy atom. The van der Waals surface area contributed by atoms with Gasteiger partial charge in [0.25, 0.3) is 27.8 Å². The number of benzene rings is 3. The fourth-order valence-corrected chi connectivity index (χ4v) is 17.6. The summed E-state index contributed by atoms with van der Waals surface area (Å²) in [4.78, 5) is 130. The van der Waals surface area contributed by atoms with Gasteiger partial charge in [-0.05, 0) is 165 Å². The standard InChI is InChI=1S/C71H83N11O16S2/c1-42(2)60(77-56(83)33-81-57(84)22-23-58(81)85)64(90)73-43(3)62(88)74-48-19-18-47(46(30-48)12-7-10-17-59(86)87)34-97-67(93)79(27-29-100(94,95)96)26-28-98-71-38-68(5)35-69(6,39-71)37-70(36-68,40-71)41-82-44(4)51(31-72-82)49-20-21-55(76-61(49)65(91)92)80-25-24-45-13-11-14-50(52(45)32-80)63(89)78-66-75-53-15-8-9-16-54(53)99-66/h8-9,11,13-16,18-23,30-31,42-43,60H,7,10,12,17,24-29,32-41H2,1-6H3,(H,73,90)(H,74,88)(H,77,83)(H,86,87)(H,91,92)(H,75,78,89)(H,94,95,96)/t43-,60-,68?,69?,70?,71?/m0/s1. The van der Waals surface area contributed by atoms with Gasteiger partial charge in [0.1, 0.15) is 31.1 Å². The quantitative estimate of drug-likeness (QED) is 0.0132. The molecule has 7 N–H and O–H groups in total. The largest absolute Gasteiger partial charge is 0.481 e. The van der Waals surface area contributed by atoms with E-state index >= 15 is 0 Å². The number of aryl methyl sites for hydroxylation is 1. The summed E-state index contributed by atoms with van der Waals surface area (Å²) < 4.78 is 50.0. The first-order chi connectivity index (χ1) is 47.4. The molecule has 3 aromatic carbocycles. The van der Waals surface area contributed by atoms with Crippen molar-refractivity contribution in [3.05, 3.63) is 130 Å². The summed E-state index contributed by atoms with van der Waals surface area (Å²) in [7, 11) is -4.55. The number of aliphatic carboxylic acids is 1. The number of nitrogens with one attached hydrogen (secondary N) is 4. The molecule has 2 aliphatic heterocycles. The molecule has 0 spiro atoms. The van der Waals surface area contributed by atoms with Gasteiger partial charge in [-0.25, -0.2) is 19.6 Å². The molecular weight excluding hydrogens is 1330 g/mol. The van der Waals surface area contributed by atoms with E-state index in [9.17, 15) is 66.3 Å². The smallest absolute Gasteiger partial charge is 0.410 e. The van der Waals surface area contributed by atoms with Crippen LogP contribution in [0, 0.1) is 29.1 Å². The van der Waals surface area contributed by atoms with Crippen LogP contribution in [-0.4, -0.2) is 162 Å². The van der Waals surface area contributed by atoms with Gasteiger partial charge in [0.2, 0.25) is 17.7 Å². The second-order valence-corrected chi connectivity index (χ2v) is 31.1. The molecule has 4 aliphatic carbocycles. The van der Waals surface area contributed by atoms with E-state index in [1.165, 1.54) is 23.2 Å². The summed E-state index contributed by atoms with van der Waals surface area (Å²) >= 11 is 1.39. The molecule has 4 fully saturated rings. The lowest BCUT2D eigenvalue weighted by Gasteiger charge is -2.69. The first-order valence-electron chi connectivity index (χ1n) is 33.5. The van der Waals surface area contributed by atoms with Crippen LogP contribution in [0.5, 0.6) is 0 Å². The maximum atomic E-state index is 14.1. The van der Waals surface area contributed by atoms with Gasteiger partial charge < -0.3 is 45.4 Å². The molecule has 6 aliphatic rings. The summed E-state index contributed by atoms with van der Waals surface area (Å²) in [6.07, 6.45) is 9.22. The highest BCUT2D eigenvalue weighted by molar-refractivity contribution is 7.85. The molecule has 530 valence electrons. The second-order valence-electron chi connectivity index (χ2n) is 28.5. The molecule has 5 heterocycles. The third-order valence-corrected chi connectivity index (χ3v) is 21.4.